The lowest BCUT2D eigenvalue weighted by Gasteiger charge is -2.29. The lowest BCUT2D eigenvalue weighted by Crippen LogP contribution is -2.38. The number of benzene rings is 2. The average molecular weight is 288 g/mol. The zero-order valence-electron chi connectivity index (χ0n) is 10.9. The summed E-state index contributed by atoms with van der Waals surface area (Å²) in [6.07, 6.45) is 0.382. The Morgan fingerprint density at radius 2 is 2.00 bits per heavy atom. The van der Waals surface area contributed by atoms with E-state index in [-0.39, 0.29) is 5.91 Å². The van der Waals surface area contributed by atoms with Gasteiger partial charge in [-0.1, -0.05) is 41.9 Å². The molecule has 0 bridgehead atoms. The van der Waals surface area contributed by atoms with Crippen LogP contribution in [0, 0.1) is 0 Å². The first-order chi connectivity index (χ1) is 9.74. The number of rotatable bonds is 2. The normalized spacial score (nSPS) is 13.6. The van der Waals surface area contributed by atoms with E-state index in [0.717, 1.165) is 11.3 Å². The molecular formula is C16H14ClNO2. The summed E-state index contributed by atoms with van der Waals surface area (Å²) in [6, 6.07) is 15.1. The maximum absolute atomic E-state index is 12.5. The number of ether oxygens (including phenoxy) is 1. The van der Waals surface area contributed by atoms with Crippen molar-refractivity contribution in [2.45, 2.75) is 6.42 Å². The van der Waals surface area contributed by atoms with Gasteiger partial charge in [-0.25, -0.2) is 0 Å². The molecule has 2 aromatic carbocycles. The Kier molecular flexibility index (Phi) is 3.61. The number of nitrogens with zero attached hydrogens (tertiary/aromatic N) is 1. The van der Waals surface area contributed by atoms with Crippen LogP contribution in [0.3, 0.4) is 0 Å². The van der Waals surface area contributed by atoms with Crippen molar-refractivity contribution >= 4 is 23.2 Å². The van der Waals surface area contributed by atoms with Crippen LogP contribution in [0.25, 0.3) is 0 Å². The molecule has 1 heterocycles. The molecule has 0 aliphatic carbocycles. The molecule has 0 radical (unpaired) electrons. The number of fused-ring (bicyclic) bond motifs is 1. The Bertz CT molecular complexity index is 628. The SMILES string of the molecule is O=C(Cc1ccccc1)N1CCOc2ccc(Cl)cc21. The van der Waals surface area contributed by atoms with Crippen LogP contribution in [0.5, 0.6) is 5.75 Å². The highest BCUT2D eigenvalue weighted by Crippen LogP contribution is 2.34. The smallest absolute Gasteiger partial charge is 0.231 e. The van der Waals surface area contributed by atoms with E-state index in [2.05, 4.69) is 0 Å². The highest BCUT2D eigenvalue weighted by atomic mass is 35.5. The summed E-state index contributed by atoms with van der Waals surface area (Å²) in [6.45, 7) is 1.06. The molecule has 1 aliphatic heterocycles. The molecule has 0 fully saturated rings. The topological polar surface area (TPSA) is 29.5 Å². The van der Waals surface area contributed by atoms with Crippen LogP contribution in [0.15, 0.2) is 48.5 Å². The Morgan fingerprint density at radius 1 is 1.20 bits per heavy atom. The van der Waals surface area contributed by atoms with Gasteiger partial charge in [0.15, 0.2) is 0 Å². The zero-order valence-corrected chi connectivity index (χ0v) is 11.6. The van der Waals surface area contributed by atoms with Gasteiger partial charge in [-0.3, -0.25) is 4.79 Å². The van der Waals surface area contributed by atoms with E-state index in [1.54, 1.807) is 23.1 Å². The van der Waals surface area contributed by atoms with Crippen LogP contribution >= 0.6 is 11.6 Å². The van der Waals surface area contributed by atoms with Gasteiger partial charge in [0.05, 0.1) is 18.7 Å². The highest BCUT2D eigenvalue weighted by molar-refractivity contribution is 6.31. The fourth-order valence-electron chi connectivity index (χ4n) is 2.32. The van der Waals surface area contributed by atoms with Gasteiger partial charge >= 0.3 is 0 Å². The third-order valence-electron chi connectivity index (χ3n) is 3.28. The number of carbonyl (C=O) groups is 1. The molecule has 0 saturated heterocycles. The minimum atomic E-state index is 0.0583. The summed E-state index contributed by atoms with van der Waals surface area (Å²) < 4.78 is 5.56. The van der Waals surface area contributed by atoms with Crippen molar-refractivity contribution in [1.82, 2.24) is 0 Å². The van der Waals surface area contributed by atoms with Crippen molar-refractivity contribution in [3.8, 4) is 5.75 Å². The van der Waals surface area contributed by atoms with E-state index < -0.39 is 0 Å². The van der Waals surface area contributed by atoms with Gasteiger partial charge in [0.2, 0.25) is 5.91 Å². The Hall–Kier alpha value is -2.00. The van der Waals surface area contributed by atoms with Gasteiger partial charge in [0.1, 0.15) is 12.4 Å². The van der Waals surface area contributed by atoms with Crippen LogP contribution < -0.4 is 9.64 Å². The summed E-state index contributed by atoms with van der Waals surface area (Å²) >= 11 is 6.01. The molecule has 1 aliphatic rings. The molecule has 3 rings (SSSR count). The maximum Gasteiger partial charge on any atom is 0.231 e. The quantitative estimate of drug-likeness (QED) is 0.848. The second-order valence-electron chi connectivity index (χ2n) is 4.67. The van der Waals surface area contributed by atoms with E-state index >= 15 is 0 Å². The molecule has 0 spiro atoms. The van der Waals surface area contributed by atoms with E-state index in [1.807, 2.05) is 30.3 Å². The van der Waals surface area contributed by atoms with Crippen molar-refractivity contribution in [3.05, 3.63) is 59.1 Å². The molecule has 0 atom stereocenters. The lowest BCUT2D eigenvalue weighted by molar-refractivity contribution is -0.118. The molecule has 2 aromatic rings. The first-order valence-corrected chi connectivity index (χ1v) is 6.88. The van der Waals surface area contributed by atoms with Gasteiger partial charge in [-0.05, 0) is 23.8 Å². The van der Waals surface area contributed by atoms with Crippen LogP contribution in [0.4, 0.5) is 5.69 Å². The highest BCUT2D eigenvalue weighted by Gasteiger charge is 2.23. The van der Waals surface area contributed by atoms with Crippen LogP contribution in [0.2, 0.25) is 5.02 Å². The predicted octanol–water partition coefficient (Wildman–Crippen LogP) is 3.31. The van der Waals surface area contributed by atoms with E-state index in [4.69, 9.17) is 16.3 Å². The summed E-state index contributed by atoms with van der Waals surface area (Å²) in [7, 11) is 0. The van der Waals surface area contributed by atoms with Gasteiger partial charge in [-0.15, -0.1) is 0 Å². The third kappa shape index (κ3) is 2.63. The summed E-state index contributed by atoms with van der Waals surface area (Å²) in [5, 5.41) is 0.603. The van der Waals surface area contributed by atoms with Gasteiger partial charge in [0, 0.05) is 5.02 Å². The Morgan fingerprint density at radius 3 is 2.80 bits per heavy atom. The maximum atomic E-state index is 12.5. The monoisotopic (exact) mass is 287 g/mol. The summed E-state index contributed by atoms with van der Waals surface area (Å²) in [5.41, 5.74) is 1.76. The average Bonchev–Trinajstić information content (AvgIpc) is 2.47. The first-order valence-electron chi connectivity index (χ1n) is 6.51. The largest absolute Gasteiger partial charge is 0.490 e. The molecule has 0 N–H and O–H groups in total. The summed E-state index contributed by atoms with van der Waals surface area (Å²) in [4.78, 5) is 14.2. The molecule has 1 amide bonds. The zero-order chi connectivity index (χ0) is 13.9. The number of halogens is 1. The van der Waals surface area contributed by atoms with Crippen LogP contribution in [-0.4, -0.2) is 19.1 Å². The molecule has 3 nitrogen and oxygen atoms in total. The van der Waals surface area contributed by atoms with E-state index in [9.17, 15) is 4.79 Å². The predicted molar refractivity (Wildman–Crippen MR) is 79.4 cm³/mol. The van der Waals surface area contributed by atoms with Crippen molar-refractivity contribution in [2.75, 3.05) is 18.1 Å². The van der Waals surface area contributed by atoms with Crippen LogP contribution in [-0.2, 0) is 11.2 Å². The standard InChI is InChI=1S/C16H14ClNO2/c17-13-6-7-15-14(11-13)18(8-9-20-15)16(19)10-12-4-2-1-3-5-12/h1-7,11H,8-10H2. The number of anilines is 1. The molecule has 102 valence electrons. The minimum Gasteiger partial charge on any atom is -0.490 e. The first kappa shape index (κ1) is 13.0. The van der Waals surface area contributed by atoms with E-state index in [1.165, 1.54) is 0 Å². The second kappa shape index (κ2) is 5.55. The van der Waals surface area contributed by atoms with Gasteiger partial charge in [0.25, 0.3) is 0 Å². The van der Waals surface area contributed by atoms with Crippen molar-refractivity contribution < 1.29 is 9.53 Å². The van der Waals surface area contributed by atoms with Gasteiger partial charge < -0.3 is 9.64 Å². The number of carbonyl (C=O) groups excluding carboxylic acids is 1. The lowest BCUT2D eigenvalue weighted by atomic mass is 10.1. The number of amides is 1. The molecule has 4 heteroatoms. The Labute approximate surface area is 122 Å². The summed E-state index contributed by atoms with van der Waals surface area (Å²) in [5.74, 6) is 0.769. The van der Waals surface area contributed by atoms with Crippen LogP contribution in [0.1, 0.15) is 5.56 Å². The molecule has 0 unspecified atom stereocenters. The molecular weight excluding hydrogens is 274 g/mol. The van der Waals surface area contributed by atoms with E-state index in [0.29, 0.717) is 30.3 Å². The fraction of sp³-hybridized carbons (Fsp3) is 0.188. The third-order valence-corrected chi connectivity index (χ3v) is 3.52. The molecule has 0 aromatic heterocycles. The minimum absolute atomic E-state index is 0.0583. The number of hydrogen-bond acceptors (Lipinski definition) is 2. The molecule has 20 heavy (non-hydrogen) atoms. The molecule has 0 saturated carbocycles. The van der Waals surface area contributed by atoms with Crippen molar-refractivity contribution in [3.63, 3.8) is 0 Å². The number of hydrogen-bond donors (Lipinski definition) is 0. The van der Waals surface area contributed by atoms with Gasteiger partial charge in [-0.2, -0.15) is 0 Å². The van der Waals surface area contributed by atoms with Crippen molar-refractivity contribution in [1.29, 1.82) is 0 Å². The van der Waals surface area contributed by atoms with Crippen molar-refractivity contribution in [2.24, 2.45) is 0 Å². The Balaban J connectivity index is 1.85. The second-order valence-corrected chi connectivity index (χ2v) is 5.10. The fourth-order valence-corrected chi connectivity index (χ4v) is 2.48.